The molecular weight excluding hydrogens is 559 g/mol. The average Bonchev–Trinajstić information content (AvgIpc) is 2.92. The second-order valence-corrected chi connectivity index (χ2v) is 11.4. The first-order valence-electron chi connectivity index (χ1n) is 13.7. The molecule has 5 rings (SSSR count). The highest BCUT2D eigenvalue weighted by Gasteiger charge is 2.34. The number of carbonyl (C=O) groups is 1. The van der Waals surface area contributed by atoms with Crippen LogP contribution in [-0.4, -0.2) is 60.6 Å². The van der Waals surface area contributed by atoms with Crippen LogP contribution in [0.4, 0.5) is 10.2 Å². The van der Waals surface area contributed by atoms with E-state index in [1.807, 2.05) is 39.5 Å². The fourth-order valence-electron chi connectivity index (χ4n) is 5.79. The molecule has 1 aliphatic rings. The Labute approximate surface area is 247 Å². The number of aromatic nitrogens is 4. The van der Waals surface area contributed by atoms with Gasteiger partial charge in [-0.05, 0) is 62.6 Å². The molecule has 4 heterocycles. The van der Waals surface area contributed by atoms with Gasteiger partial charge >= 0.3 is 5.69 Å². The first-order chi connectivity index (χ1) is 19.9. The van der Waals surface area contributed by atoms with Crippen molar-refractivity contribution in [3.63, 3.8) is 0 Å². The number of fused-ring (bicyclic) bond motifs is 1. The molecule has 1 aromatic carbocycles. The Morgan fingerprint density at radius 3 is 2.50 bits per heavy atom. The normalized spacial score (nSPS) is 17.2. The maximum atomic E-state index is 15.0. The van der Waals surface area contributed by atoms with E-state index in [9.17, 15) is 14.7 Å². The van der Waals surface area contributed by atoms with Gasteiger partial charge in [-0.1, -0.05) is 38.1 Å². The number of halogens is 2. The smallest absolute Gasteiger partial charge is 0.355 e. The van der Waals surface area contributed by atoms with E-state index < -0.39 is 11.5 Å². The first kappa shape index (κ1) is 29.2. The molecule has 0 saturated carbocycles. The summed E-state index contributed by atoms with van der Waals surface area (Å²) in [5, 5.41) is 11.1. The minimum atomic E-state index is -0.710. The third-order valence-corrected chi connectivity index (χ3v) is 7.89. The maximum Gasteiger partial charge on any atom is 0.355 e. The van der Waals surface area contributed by atoms with Gasteiger partial charge in [0.2, 0.25) is 5.91 Å². The Balaban J connectivity index is 1.83. The lowest BCUT2D eigenvalue weighted by molar-refractivity contribution is -0.130. The number of anilines is 1. The molecule has 0 aliphatic carbocycles. The molecule has 218 valence electrons. The van der Waals surface area contributed by atoms with Gasteiger partial charge in [-0.15, -0.1) is 0 Å². The van der Waals surface area contributed by atoms with Crippen molar-refractivity contribution < 1.29 is 14.3 Å². The maximum absolute atomic E-state index is 15.0. The lowest BCUT2D eigenvalue weighted by Gasteiger charge is -2.44. The minimum absolute atomic E-state index is 0.0131. The number of aryl methyl sites for hydroxylation is 1. The Bertz CT molecular complexity index is 1760. The van der Waals surface area contributed by atoms with Crippen molar-refractivity contribution in [3.8, 4) is 22.7 Å². The predicted octanol–water partition coefficient (Wildman–Crippen LogP) is 5.38. The van der Waals surface area contributed by atoms with Crippen LogP contribution >= 0.6 is 11.6 Å². The van der Waals surface area contributed by atoms with Gasteiger partial charge in [0.05, 0.1) is 33.0 Å². The van der Waals surface area contributed by atoms with E-state index >= 15 is 4.39 Å². The molecule has 3 aromatic heterocycles. The number of benzene rings is 1. The molecular formula is C31H32ClFN6O3. The van der Waals surface area contributed by atoms with Crippen LogP contribution in [0.3, 0.4) is 0 Å². The van der Waals surface area contributed by atoms with E-state index in [4.69, 9.17) is 16.6 Å². The largest absolute Gasteiger partial charge is 0.507 e. The second kappa shape index (κ2) is 11.2. The molecule has 2 unspecified atom stereocenters. The zero-order chi connectivity index (χ0) is 30.5. The second-order valence-electron chi connectivity index (χ2n) is 10.9. The summed E-state index contributed by atoms with van der Waals surface area (Å²) in [6, 6.07) is 6.92. The number of pyridine rings is 2. The number of hydrogen-bond acceptors (Lipinski definition) is 7. The number of rotatable bonds is 5. The van der Waals surface area contributed by atoms with E-state index in [0.29, 0.717) is 35.7 Å². The Hall–Kier alpha value is -4.31. The van der Waals surface area contributed by atoms with E-state index in [1.165, 1.54) is 28.8 Å². The molecule has 1 N–H and O–H groups in total. The number of nitrogens with zero attached hydrogens (tertiary/aromatic N) is 6. The molecule has 1 amide bonds. The minimum Gasteiger partial charge on any atom is -0.507 e. The topological polar surface area (TPSA) is 104 Å². The summed E-state index contributed by atoms with van der Waals surface area (Å²) >= 11 is 6.73. The van der Waals surface area contributed by atoms with Gasteiger partial charge in [-0.2, -0.15) is 4.98 Å². The molecule has 0 radical (unpaired) electrons. The average molecular weight is 591 g/mol. The van der Waals surface area contributed by atoms with Crippen LogP contribution in [0.25, 0.3) is 28.0 Å². The quantitative estimate of drug-likeness (QED) is 0.311. The van der Waals surface area contributed by atoms with Crippen LogP contribution in [0.5, 0.6) is 5.75 Å². The van der Waals surface area contributed by atoms with Crippen LogP contribution in [0.15, 0.2) is 54.0 Å². The van der Waals surface area contributed by atoms with Gasteiger partial charge in [0.15, 0.2) is 5.65 Å². The fourth-order valence-corrected chi connectivity index (χ4v) is 6.04. The lowest BCUT2D eigenvalue weighted by atomic mass is 10.0. The van der Waals surface area contributed by atoms with Gasteiger partial charge in [0, 0.05) is 31.4 Å². The standard InChI is InChI=1S/C31H32ClFN6O3/c1-7-24(41)38-18(5)14-37(15-19(38)6)29-20-13-21(32)27(25-22(33)9-8-10-23(25)40)35-30(20)39(31(42)36-29)28-17(4)11-12-34-26(28)16(2)3/h7-13,16,18-19,40H,1,14-15H2,2-6H3. The van der Waals surface area contributed by atoms with Crippen molar-refractivity contribution in [2.75, 3.05) is 18.0 Å². The highest BCUT2D eigenvalue weighted by molar-refractivity contribution is 6.34. The Morgan fingerprint density at radius 2 is 1.88 bits per heavy atom. The number of phenolic OH excluding ortho intramolecular Hbond substituents is 1. The van der Waals surface area contributed by atoms with Gasteiger partial charge in [-0.3, -0.25) is 9.78 Å². The molecule has 1 saturated heterocycles. The zero-order valence-corrected chi connectivity index (χ0v) is 24.9. The van der Waals surface area contributed by atoms with Crippen LogP contribution in [0, 0.1) is 12.7 Å². The van der Waals surface area contributed by atoms with Crippen molar-refractivity contribution in [2.24, 2.45) is 0 Å². The summed E-state index contributed by atoms with van der Waals surface area (Å²) < 4.78 is 16.4. The van der Waals surface area contributed by atoms with Crippen LogP contribution in [0.2, 0.25) is 5.02 Å². The van der Waals surface area contributed by atoms with E-state index in [2.05, 4.69) is 16.5 Å². The highest BCUT2D eigenvalue weighted by atomic mass is 35.5. The van der Waals surface area contributed by atoms with Crippen LogP contribution < -0.4 is 10.6 Å². The molecule has 4 aromatic rings. The summed E-state index contributed by atoms with van der Waals surface area (Å²) in [5.41, 5.74) is 1.38. The highest BCUT2D eigenvalue weighted by Crippen LogP contribution is 2.39. The molecule has 2 atom stereocenters. The zero-order valence-electron chi connectivity index (χ0n) is 24.1. The van der Waals surface area contributed by atoms with Gasteiger partial charge in [0.25, 0.3) is 0 Å². The van der Waals surface area contributed by atoms with Crippen molar-refractivity contribution in [2.45, 2.75) is 52.6 Å². The van der Waals surface area contributed by atoms with Crippen molar-refractivity contribution >= 4 is 34.4 Å². The Kier molecular flexibility index (Phi) is 7.76. The number of hydrogen-bond donors (Lipinski definition) is 1. The summed E-state index contributed by atoms with van der Waals surface area (Å²) in [6.45, 7) is 14.1. The summed E-state index contributed by atoms with van der Waals surface area (Å²) in [4.78, 5) is 44.1. The predicted molar refractivity (Wildman–Crippen MR) is 162 cm³/mol. The Morgan fingerprint density at radius 1 is 1.19 bits per heavy atom. The molecule has 1 aliphatic heterocycles. The number of aromatic hydroxyl groups is 1. The molecule has 1 fully saturated rings. The first-order valence-corrected chi connectivity index (χ1v) is 14.1. The molecule has 11 heteroatoms. The van der Waals surface area contributed by atoms with E-state index in [0.717, 1.165) is 5.56 Å². The van der Waals surface area contributed by atoms with E-state index in [-0.39, 0.29) is 51.6 Å². The van der Waals surface area contributed by atoms with Gasteiger partial charge in [0.1, 0.15) is 17.4 Å². The van der Waals surface area contributed by atoms with Crippen molar-refractivity contribution in [1.82, 2.24) is 24.4 Å². The van der Waals surface area contributed by atoms with Crippen molar-refractivity contribution in [1.29, 1.82) is 0 Å². The monoisotopic (exact) mass is 590 g/mol. The lowest BCUT2D eigenvalue weighted by Crippen LogP contribution is -2.58. The molecule has 9 nitrogen and oxygen atoms in total. The summed E-state index contributed by atoms with van der Waals surface area (Å²) in [6.07, 6.45) is 2.98. The van der Waals surface area contributed by atoms with Crippen LogP contribution in [-0.2, 0) is 4.79 Å². The fraction of sp³-hybridized carbons (Fsp3) is 0.323. The molecule has 0 bridgehead atoms. The van der Waals surface area contributed by atoms with Gasteiger partial charge < -0.3 is 14.9 Å². The van der Waals surface area contributed by atoms with E-state index in [1.54, 1.807) is 23.2 Å². The molecule has 42 heavy (non-hydrogen) atoms. The number of phenols is 1. The van der Waals surface area contributed by atoms with Gasteiger partial charge in [-0.25, -0.2) is 18.7 Å². The van der Waals surface area contributed by atoms with Crippen LogP contribution in [0.1, 0.15) is 44.9 Å². The number of piperazine rings is 1. The summed E-state index contributed by atoms with van der Waals surface area (Å²) in [5.74, 6) is -0.908. The SMILES string of the molecule is C=CC(=O)N1C(C)CN(c2nc(=O)n(-c3c(C)ccnc3C(C)C)c3nc(-c4c(O)cccc4F)c(Cl)cc23)CC1C. The number of amides is 1. The third-order valence-electron chi connectivity index (χ3n) is 7.60. The number of carbonyl (C=O) groups excluding carboxylic acids is 1. The third kappa shape index (κ3) is 4.89. The summed E-state index contributed by atoms with van der Waals surface area (Å²) in [7, 11) is 0. The molecule has 0 spiro atoms. The van der Waals surface area contributed by atoms with Crippen molar-refractivity contribution in [3.05, 3.63) is 81.8 Å².